The maximum atomic E-state index is 11.5. The lowest BCUT2D eigenvalue weighted by atomic mass is 9.96. The van der Waals surface area contributed by atoms with Crippen LogP contribution in [0, 0.1) is 6.92 Å². The first-order valence-corrected chi connectivity index (χ1v) is 9.01. The van der Waals surface area contributed by atoms with Crippen LogP contribution in [0.2, 0.25) is 0 Å². The molecule has 2 aromatic rings. The summed E-state index contributed by atoms with van der Waals surface area (Å²) in [5.74, 6) is 1.48. The molecule has 0 spiro atoms. The van der Waals surface area contributed by atoms with E-state index >= 15 is 0 Å². The van der Waals surface area contributed by atoms with Gasteiger partial charge in [0.05, 0.1) is 5.39 Å². The number of anilines is 1. The Labute approximate surface area is 139 Å². The number of nitrogens with two attached hydrogens (primary N) is 1. The van der Waals surface area contributed by atoms with Crippen LogP contribution in [0.4, 0.5) is 5.82 Å². The number of carbonyl (C=O) groups is 1. The molecule has 1 saturated heterocycles. The molecule has 1 atom stereocenters. The van der Waals surface area contributed by atoms with Gasteiger partial charge >= 0.3 is 0 Å². The van der Waals surface area contributed by atoms with Crippen molar-refractivity contribution in [2.75, 3.05) is 24.5 Å². The van der Waals surface area contributed by atoms with Gasteiger partial charge in [-0.25, -0.2) is 9.97 Å². The van der Waals surface area contributed by atoms with E-state index in [1.807, 2.05) is 18.3 Å². The van der Waals surface area contributed by atoms with Gasteiger partial charge in [0, 0.05) is 24.5 Å². The molecular weight excluding hydrogens is 310 g/mol. The summed E-state index contributed by atoms with van der Waals surface area (Å²) in [6, 6.07) is -0.316. The van der Waals surface area contributed by atoms with E-state index in [-0.39, 0.29) is 11.9 Å². The molecule has 3 heterocycles. The van der Waals surface area contributed by atoms with Gasteiger partial charge in [0.15, 0.2) is 0 Å². The third-order valence-electron chi connectivity index (χ3n) is 4.73. The van der Waals surface area contributed by atoms with Crippen LogP contribution >= 0.6 is 11.3 Å². The third kappa shape index (κ3) is 2.57. The molecule has 0 aromatic carbocycles. The Balaban J connectivity index is 1.82. The van der Waals surface area contributed by atoms with E-state index in [1.54, 1.807) is 0 Å². The predicted octanol–water partition coefficient (Wildman–Crippen LogP) is 1.14. The molecule has 3 N–H and O–H groups in total. The monoisotopic (exact) mass is 331 g/mol. The number of thiophene rings is 1. The molecule has 2 aromatic heterocycles. The van der Waals surface area contributed by atoms with Crippen LogP contribution in [0.15, 0.2) is 0 Å². The largest absolute Gasteiger partial charge is 0.368 e. The average molecular weight is 331 g/mol. The smallest absolute Gasteiger partial charge is 0.236 e. The Bertz CT molecular complexity index is 771. The zero-order chi connectivity index (χ0) is 16.0. The maximum Gasteiger partial charge on any atom is 0.236 e. The zero-order valence-electron chi connectivity index (χ0n) is 13.3. The summed E-state index contributed by atoms with van der Waals surface area (Å²) in [6.07, 6.45) is 4.76. The molecule has 7 heteroatoms. The summed E-state index contributed by atoms with van der Waals surface area (Å²) in [5, 5.41) is 4.39. The fourth-order valence-electron chi connectivity index (χ4n) is 3.60. The van der Waals surface area contributed by atoms with Gasteiger partial charge in [-0.2, -0.15) is 0 Å². The van der Waals surface area contributed by atoms with Crippen LogP contribution in [0.5, 0.6) is 0 Å². The van der Waals surface area contributed by atoms with Crippen molar-refractivity contribution in [1.82, 2.24) is 15.3 Å². The van der Waals surface area contributed by atoms with E-state index in [2.05, 4.69) is 15.2 Å². The third-order valence-corrected chi connectivity index (χ3v) is 5.91. The van der Waals surface area contributed by atoms with Crippen LogP contribution in [-0.2, 0) is 17.6 Å². The number of aromatic nitrogens is 2. The maximum absolute atomic E-state index is 11.5. The van der Waals surface area contributed by atoms with Gasteiger partial charge < -0.3 is 16.0 Å². The molecule has 1 amide bonds. The summed E-state index contributed by atoms with van der Waals surface area (Å²) in [6.45, 7) is 4.09. The molecule has 0 saturated carbocycles. The van der Waals surface area contributed by atoms with Crippen molar-refractivity contribution in [3.63, 3.8) is 0 Å². The number of nitrogens with one attached hydrogen (secondary N) is 1. The summed E-state index contributed by atoms with van der Waals surface area (Å²) >= 11 is 1.81. The van der Waals surface area contributed by atoms with Crippen LogP contribution in [0.3, 0.4) is 0 Å². The number of rotatable bonds is 2. The van der Waals surface area contributed by atoms with Crippen molar-refractivity contribution >= 4 is 33.3 Å². The second kappa shape index (κ2) is 5.72. The predicted molar refractivity (Wildman–Crippen MR) is 92.0 cm³/mol. The quantitative estimate of drug-likeness (QED) is 0.862. The fraction of sp³-hybridized carbons (Fsp3) is 0.562. The molecule has 0 bridgehead atoms. The first-order chi connectivity index (χ1) is 11.1. The van der Waals surface area contributed by atoms with Crippen molar-refractivity contribution in [2.24, 2.45) is 5.73 Å². The van der Waals surface area contributed by atoms with E-state index < -0.39 is 0 Å². The first kappa shape index (κ1) is 14.8. The van der Waals surface area contributed by atoms with Crippen molar-refractivity contribution < 1.29 is 4.79 Å². The molecule has 0 unspecified atom stereocenters. The molecular formula is C16H21N5OS. The highest BCUT2D eigenvalue weighted by atomic mass is 32.1. The molecule has 1 fully saturated rings. The number of hydrogen-bond donors (Lipinski definition) is 2. The summed E-state index contributed by atoms with van der Waals surface area (Å²) in [7, 11) is 0. The minimum Gasteiger partial charge on any atom is -0.368 e. The van der Waals surface area contributed by atoms with Gasteiger partial charge in [-0.05, 0) is 38.2 Å². The molecule has 4 rings (SSSR count). The Morgan fingerprint density at radius 3 is 3.00 bits per heavy atom. The van der Waals surface area contributed by atoms with E-state index in [4.69, 9.17) is 10.7 Å². The standard InChI is InChI=1S/C16H21N5OS/c1-9-19-15(21-7-6-18-11(8-21)14(17)22)13-10-4-2-3-5-12(10)23-16(13)20-9/h11,18H,2-8H2,1H3,(H2,17,22)/t11-/m0/s1. The number of nitrogens with zero attached hydrogens (tertiary/aromatic N) is 3. The Morgan fingerprint density at radius 1 is 1.35 bits per heavy atom. The van der Waals surface area contributed by atoms with Gasteiger partial charge in [0.1, 0.15) is 22.5 Å². The Kier molecular flexibility index (Phi) is 3.69. The second-order valence-corrected chi connectivity index (χ2v) is 7.42. The average Bonchev–Trinajstić information content (AvgIpc) is 2.92. The van der Waals surface area contributed by atoms with Crippen LogP contribution in [-0.4, -0.2) is 41.6 Å². The van der Waals surface area contributed by atoms with Gasteiger partial charge in [-0.1, -0.05) is 0 Å². The van der Waals surface area contributed by atoms with Gasteiger partial charge in [-0.3, -0.25) is 4.79 Å². The normalized spacial score (nSPS) is 21.4. The highest BCUT2D eigenvalue weighted by Crippen LogP contribution is 2.39. The van der Waals surface area contributed by atoms with Crippen molar-refractivity contribution in [1.29, 1.82) is 0 Å². The minimum absolute atomic E-state index is 0.302. The number of amides is 1. The molecule has 0 radical (unpaired) electrons. The molecule has 1 aliphatic heterocycles. The van der Waals surface area contributed by atoms with Crippen LogP contribution in [0.25, 0.3) is 10.2 Å². The highest BCUT2D eigenvalue weighted by molar-refractivity contribution is 7.19. The molecule has 6 nitrogen and oxygen atoms in total. The van der Waals surface area contributed by atoms with Crippen molar-refractivity contribution in [3.05, 3.63) is 16.3 Å². The summed E-state index contributed by atoms with van der Waals surface area (Å²) in [4.78, 5) is 25.7. The van der Waals surface area contributed by atoms with Crippen LogP contribution in [0.1, 0.15) is 29.1 Å². The first-order valence-electron chi connectivity index (χ1n) is 8.20. The fourth-order valence-corrected chi connectivity index (χ4v) is 4.91. The highest BCUT2D eigenvalue weighted by Gasteiger charge is 2.28. The molecule has 1 aliphatic carbocycles. The van der Waals surface area contributed by atoms with E-state index in [9.17, 15) is 4.79 Å². The van der Waals surface area contributed by atoms with Gasteiger partial charge in [0.25, 0.3) is 0 Å². The second-order valence-electron chi connectivity index (χ2n) is 6.34. The van der Waals surface area contributed by atoms with E-state index in [0.29, 0.717) is 6.54 Å². The number of carbonyl (C=O) groups excluding carboxylic acids is 1. The Morgan fingerprint density at radius 2 is 2.17 bits per heavy atom. The van der Waals surface area contributed by atoms with E-state index in [0.717, 1.165) is 42.4 Å². The topological polar surface area (TPSA) is 84.1 Å². The minimum atomic E-state index is -0.316. The number of fused-ring (bicyclic) bond motifs is 3. The number of primary amides is 1. The number of piperazine rings is 1. The lowest BCUT2D eigenvalue weighted by Gasteiger charge is -2.33. The zero-order valence-corrected chi connectivity index (χ0v) is 14.1. The number of aryl methyl sites for hydroxylation is 3. The van der Waals surface area contributed by atoms with Crippen molar-refractivity contribution in [3.8, 4) is 0 Å². The Hall–Kier alpha value is -1.73. The lowest BCUT2D eigenvalue weighted by Crippen LogP contribution is -2.56. The van der Waals surface area contributed by atoms with Gasteiger partial charge in [-0.15, -0.1) is 11.3 Å². The SMILES string of the molecule is Cc1nc(N2CCN[C@H](C(N)=O)C2)c2c3c(sc2n1)CCCC3. The lowest BCUT2D eigenvalue weighted by molar-refractivity contribution is -0.120. The number of hydrogen-bond acceptors (Lipinski definition) is 6. The van der Waals surface area contributed by atoms with Gasteiger partial charge in [0.2, 0.25) is 5.91 Å². The van der Waals surface area contributed by atoms with Crippen LogP contribution < -0.4 is 16.0 Å². The van der Waals surface area contributed by atoms with Crippen molar-refractivity contribution in [2.45, 2.75) is 38.6 Å². The summed E-state index contributed by atoms with van der Waals surface area (Å²) in [5.41, 5.74) is 6.91. The summed E-state index contributed by atoms with van der Waals surface area (Å²) < 4.78 is 0. The van der Waals surface area contributed by atoms with E-state index in [1.165, 1.54) is 28.7 Å². The molecule has 2 aliphatic rings. The molecule has 23 heavy (non-hydrogen) atoms. The molecule has 122 valence electrons.